The van der Waals surface area contributed by atoms with Gasteiger partial charge in [0.15, 0.2) is 0 Å². The van der Waals surface area contributed by atoms with Crippen LogP contribution in [0.3, 0.4) is 0 Å². The summed E-state index contributed by atoms with van der Waals surface area (Å²) in [6.07, 6.45) is 0. The molecule has 25 heavy (non-hydrogen) atoms. The van der Waals surface area contributed by atoms with Crippen LogP contribution in [0.15, 0.2) is 59.4 Å². The van der Waals surface area contributed by atoms with Crippen LogP contribution in [-0.4, -0.2) is 24.6 Å². The molecule has 0 fully saturated rings. The van der Waals surface area contributed by atoms with E-state index in [0.29, 0.717) is 11.3 Å². The number of anilines is 2. The summed E-state index contributed by atoms with van der Waals surface area (Å²) in [5.74, 6) is -0.226. The fourth-order valence-corrected chi connectivity index (χ4v) is 2.82. The second kappa shape index (κ2) is 6.81. The predicted octanol–water partition coefficient (Wildman–Crippen LogP) is 3.01. The Morgan fingerprint density at radius 3 is 2.44 bits per heavy atom. The molecule has 0 unspecified atom stereocenters. The van der Waals surface area contributed by atoms with E-state index in [9.17, 15) is 9.59 Å². The number of fused-ring (bicyclic) bond motifs is 1. The van der Waals surface area contributed by atoms with E-state index >= 15 is 0 Å². The molecule has 0 aliphatic rings. The van der Waals surface area contributed by atoms with Crippen LogP contribution >= 0.6 is 0 Å². The minimum absolute atomic E-state index is 0.0174. The average molecular weight is 335 g/mol. The second-order valence-electron chi connectivity index (χ2n) is 6.27. The molecule has 1 aromatic heterocycles. The molecular formula is C20H21N3O2. The molecule has 5 nitrogen and oxygen atoms in total. The van der Waals surface area contributed by atoms with Crippen molar-refractivity contribution in [1.29, 1.82) is 0 Å². The van der Waals surface area contributed by atoms with Gasteiger partial charge in [0.25, 0.3) is 5.56 Å². The van der Waals surface area contributed by atoms with Gasteiger partial charge in [-0.15, -0.1) is 0 Å². The summed E-state index contributed by atoms with van der Waals surface area (Å²) in [5, 5.41) is 3.80. The van der Waals surface area contributed by atoms with E-state index < -0.39 is 0 Å². The van der Waals surface area contributed by atoms with Crippen molar-refractivity contribution in [3.63, 3.8) is 0 Å². The van der Waals surface area contributed by atoms with Crippen molar-refractivity contribution in [3.05, 3.63) is 70.5 Å². The first-order valence-corrected chi connectivity index (χ1v) is 8.12. The lowest BCUT2D eigenvalue weighted by Gasteiger charge is -2.14. The molecule has 3 aromatic rings. The molecule has 0 saturated heterocycles. The summed E-state index contributed by atoms with van der Waals surface area (Å²) in [7, 11) is 3.92. The lowest BCUT2D eigenvalue weighted by Crippen LogP contribution is -2.29. The topological polar surface area (TPSA) is 54.3 Å². The van der Waals surface area contributed by atoms with E-state index in [1.54, 1.807) is 6.92 Å². The maximum Gasteiger partial charge on any atom is 0.254 e. The van der Waals surface area contributed by atoms with Crippen molar-refractivity contribution in [3.8, 4) is 0 Å². The van der Waals surface area contributed by atoms with Gasteiger partial charge < -0.3 is 10.2 Å². The van der Waals surface area contributed by atoms with Gasteiger partial charge in [0.1, 0.15) is 6.54 Å². The van der Waals surface area contributed by atoms with Crippen LogP contribution in [-0.2, 0) is 11.3 Å². The summed E-state index contributed by atoms with van der Waals surface area (Å²) >= 11 is 0. The Kier molecular flexibility index (Phi) is 4.57. The van der Waals surface area contributed by atoms with Crippen LogP contribution in [0.2, 0.25) is 0 Å². The lowest BCUT2D eigenvalue weighted by molar-refractivity contribution is -0.116. The largest absolute Gasteiger partial charge is 0.378 e. The zero-order chi connectivity index (χ0) is 18.0. The van der Waals surface area contributed by atoms with E-state index in [-0.39, 0.29) is 18.0 Å². The molecule has 0 radical (unpaired) electrons. The molecule has 3 rings (SSSR count). The van der Waals surface area contributed by atoms with E-state index in [0.717, 1.165) is 16.6 Å². The third-order valence-electron chi connectivity index (χ3n) is 4.15. The van der Waals surface area contributed by atoms with E-state index in [2.05, 4.69) is 5.32 Å². The Bertz CT molecular complexity index is 972. The average Bonchev–Trinajstić information content (AvgIpc) is 2.59. The van der Waals surface area contributed by atoms with Gasteiger partial charge in [-0.25, -0.2) is 0 Å². The highest BCUT2D eigenvalue weighted by molar-refractivity contribution is 5.92. The number of hydrogen-bond donors (Lipinski definition) is 1. The first-order chi connectivity index (χ1) is 12.0. The molecular weight excluding hydrogens is 314 g/mol. The molecule has 128 valence electrons. The first kappa shape index (κ1) is 16.8. The van der Waals surface area contributed by atoms with Gasteiger partial charge in [0, 0.05) is 31.0 Å². The molecule has 1 heterocycles. The number of aromatic nitrogens is 1. The summed E-state index contributed by atoms with van der Waals surface area (Å²) in [6.45, 7) is 1.75. The molecule has 2 aromatic carbocycles. The van der Waals surface area contributed by atoms with Crippen molar-refractivity contribution < 1.29 is 4.79 Å². The summed E-state index contributed by atoms with van der Waals surface area (Å²) in [6, 6.07) is 17.0. The van der Waals surface area contributed by atoms with Crippen molar-refractivity contribution >= 4 is 28.2 Å². The van der Waals surface area contributed by atoms with Gasteiger partial charge >= 0.3 is 0 Å². The van der Waals surface area contributed by atoms with Crippen LogP contribution in [0, 0.1) is 6.92 Å². The maximum atomic E-state index is 12.5. The summed E-state index contributed by atoms with van der Waals surface area (Å²) in [5.41, 5.74) is 3.01. The highest BCUT2D eigenvalue weighted by Gasteiger charge is 2.10. The number of aryl methyl sites for hydroxylation is 1. The predicted molar refractivity (Wildman–Crippen MR) is 102 cm³/mol. The van der Waals surface area contributed by atoms with E-state index in [4.69, 9.17) is 0 Å². The van der Waals surface area contributed by atoms with Crippen LogP contribution in [0.1, 0.15) is 5.56 Å². The zero-order valence-corrected chi connectivity index (χ0v) is 14.6. The number of carbonyl (C=O) groups excluding carboxylic acids is 1. The van der Waals surface area contributed by atoms with Gasteiger partial charge in [-0.1, -0.05) is 18.2 Å². The number of benzene rings is 2. The van der Waals surface area contributed by atoms with Crippen LogP contribution in [0.4, 0.5) is 11.4 Å². The smallest absolute Gasteiger partial charge is 0.254 e. The minimum atomic E-state index is -0.226. The molecule has 0 saturated carbocycles. The third kappa shape index (κ3) is 3.55. The van der Waals surface area contributed by atoms with Gasteiger partial charge in [0.2, 0.25) is 5.91 Å². The molecule has 1 N–H and O–H groups in total. The summed E-state index contributed by atoms with van der Waals surface area (Å²) < 4.78 is 1.52. The number of para-hydroxylation sites is 1. The summed E-state index contributed by atoms with van der Waals surface area (Å²) in [4.78, 5) is 26.9. The van der Waals surface area contributed by atoms with Gasteiger partial charge in [0.05, 0.1) is 5.52 Å². The van der Waals surface area contributed by atoms with E-state index in [1.165, 1.54) is 4.57 Å². The Labute approximate surface area is 146 Å². The van der Waals surface area contributed by atoms with Gasteiger partial charge in [-0.3, -0.25) is 14.2 Å². The molecule has 0 bridgehead atoms. The van der Waals surface area contributed by atoms with Crippen LogP contribution in [0.25, 0.3) is 10.9 Å². The fourth-order valence-electron chi connectivity index (χ4n) is 2.82. The van der Waals surface area contributed by atoms with Crippen molar-refractivity contribution in [2.24, 2.45) is 0 Å². The Morgan fingerprint density at radius 2 is 1.76 bits per heavy atom. The fraction of sp³-hybridized carbons (Fsp3) is 0.200. The highest BCUT2D eigenvalue weighted by atomic mass is 16.2. The molecule has 5 heteroatoms. The van der Waals surface area contributed by atoms with Crippen molar-refractivity contribution in [2.75, 3.05) is 24.3 Å². The number of carbonyl (C=O) groups is 1. The quantitative estimate of drug-likeness (QED) is 0.797. The van der Waals surface area contributed by atoms with Crippen LogP contribution in [0.5, 0.6) is 0 Å². The third-order valence-corrected chi connectivity index (χ3v) is 4.15. The normalized spacial score (nSPS) is 10.7. The highest BCUT2D eigenvalue weighted by Crippen LogP contribution is 2.16. The van der Waals surface area contributed by atoms with E-state index in [1.807, 2.05) is 73.6 Å². The SMILES string of the molecule is Cc1cc2ccccc2n(CC(=O)Nc2ccc(N(C)C)cc2)c1=O. The molecule has 0 spiro atoms. The number of rotatable bonds is 4. The van der Waals surface area contributed by atoms with Crippen LogP contribution < -0.4 is 15.8 Å². The Hall–Kier alpha value is -3.08. The van der Waals surface area contributed by atoms with Gasteiger partial charge in [-0.2, -0.15) is 0 Å². The monoisotopic (exact) mass is 335 g/mol. The number of hydrogen-bond acceptors (Lipinski definition) is 3. The Balaban J connectivity index is 1.85. The second-order valence-corrected chi connectivity index (χ2v) is 6.27. The minimum Gasteiger partial charge on any atom is -0.378 e. The number of nitrogens with zero attached hydrogens (tertiary/aromatic N) is 2. The lowest BCUT2D eigenvalue weighted by atomic mass is 10.1. The molecule has 0 aliphatic carbocycles. The molecule has 1 amide bonds. The standard InChI is InChI=1S/C20H21N3O2/c1-14-12-15-6-4-5-7-18(15)23(20(14)25)13-19(24)21-16-8-10-17(11-9-16)22(2)3/h4-12H,13H2,1-3H3,(H,21,24). The Morgan fingerprint density at radius 1 is 1.08 bits per heavy atom. The number of nitrogens with one attached hydrogen (secondary N) is 1. The maximum absolute atomic E-state index is 12.5. The van der Waals surface area contributed by atoms with Crippen molar-refractivity contribution in [2.45, 2.75) is 13.5 Å². The molecule has 0 atom stereocenters. The number of amides is 1. The van der Waals surface area contributed by atoms with Crippen molar-refractivity contribution in [1.82, 2.24) is 4.57 Å². The number of pyridine rings is 1. The first-order valence-electron chi connectivity index (χ1n) is 8.12. The molecule has 0 aliphatic heterocycles. The van der Waals surface area contributed by atoms with Gasteiger partial charge in [-0.05, 0) is 48.7 Å². The zero-order valence-electron chi connectivity index (χ0n) is 14.6.